The molecule has 0 heterocycles. The molecule has 0 unspecified atom stereocenters. The topological polar surface area (TPSA) is 38.3 Å². The van der Waals surface area contributed by atoms with Crippen LogP contribution in [-0.4, -0.2) is 23.7 Å². The Kier molecular flexibility index (Phi) is 4.43. The molecule has 3 nitrogen and oxygen atoms in total. The third-order valence-corrected chi connectivity index (χ3v) is 3.74. The van der Waals surface area contributed by atoms with Crippen LogP contribution in [0.1, 0.15) is 45.7 Å². The molecule has 116 valence electrons. The van der Waals surface area contributed by atoms with Crippen LogP contribution in [0.2, 0.25) is 0 Å². The molecule has 0 bridgehead atoms. The monoisotopic (exact) mass is 289 g/mol. The van der Waals surface area contributed by atoms with Crippen LogP contribution in [0.3, 0.4) is 0 Å². The fraction of sp³-hybridized carbons (Fsp3) is 0.611. The van der Waals surface area contributed by atoms with Crippen molar-refractivity contribution in [2.75, 3.05) is 6.54 Å². The summed E-state index contributed by atoms with van der Waals surface area (Å²) in [7, 11) is 0. The van der Waals surface area contributed by atoms with Gasteiger partial charge in [-0.2, -0.15) is 0 Å². The Morgan fingerprint density at radius 3 is 2.19 bits per heavy atom. The Morgan fingerprint density at radius 2 is 1.76 bits per heavy atom. The smallest absolute Gasteiger partial charge is 0.327 e. The predicted octanol–water partition coefficient (Wildman–Crippen LogP) is 3.11. The first kappa shape index (κ1) is 16.0. The van der Waals surface area contributed by atoms with Gasteiger partial charge in [0.05, 0.1) is 0 Å². The minimum atomic E-state index is -0.610. The number of nitrogens with one attached hydrogen (secondary N) is 1. The van der Waals surface area contributed by atoms with E-state index >= 15 is 0 Å². The van der Waals surface area contributed by atoms with Crippen molar-refractivity contribution >= 4 is 5.97 Å². The summed E-state index contributed by atoms with van der Waals surface area (Å²) in [6.07, 6.45) is 1.43. The first-order chi connectivity index (χ1) is 9.72. The highest BCUT2D eigenvalue weighted by atomic mass is 16.6. The quantitative estimate of drug-likeness (QED) is 0.866. The van der Waals surface area contributed by atoms with E-state index in [0.717, 1.165) is 6.54 Å². The fourth-order valence-electron chi connectivity index (χ4n) is 2.73. The summed E-state index contributed by atoms with van der Waals surface area (Å²) in [5.41, 5.74) is 1.43. The van der Waals surface area contributed by atoms with Crippen molar-refractivity contribution in [2.24, 2.45) is 5.92 Å². The molecule has 1 aromatic carbocycles. The molecule has 0 saturated carbocycles. The zero-order valence-corrected chi connectivity index (χ0v) is 13.8. The van der Waals surface area contributed by atoms with Gasteiger partial charge in [0.2, 0.25) is 0 Å². The highest BCUT2D eigenvalue weighted by Gasteiger charge is 2.46. The van der Waals surface area contributed by atoms with Crippen LogP contribution in [0, 0.1) is 5.92 Å². The fourth-order valence-corrected chi connectivity index (χ4v) is 2.73. The summed E-state index contributed by atoms with van der Waals surface area (Å²) in [4.78, 5) is 12.8. The normalized spacial score (nSPS) is 16.9. The van der Waals surface area contributed by atoms with E-state index in [-0.39, 0.29) is 5.97 Å². The summed E-state index contributed by atoms with van der Waals surface area (Å²) < 4.78 is 5.69. The Hall–Kier alpha value is -1.35. The van der Waals surface area contributed by atoms with E-state index in [0.29, 0.717) is 18.8 Å². The zero-order chi connectivity index (χ0) is 15.7. The number of hydrogen-bond acceptors (Lipinski definition) is 3. The van der Waals surface area contributed by atoms with Gasteiger partial charge in [0.1, 0.15) is 11.1 Å². The lowest BCUT2D eigenvalue weighted by Crippen LogP contribution is -2.56. The Balaban J connectivity index is 2.23. The molecule has 0 amide bonds. The molecule has 0 atom stereocenters. The minimum absolute atomic E-state index is 0.133. The Labute approximate surface area is 128 Å². The molecule has 1 aromatic rings. The van der Waals surface area contributed by atoms with E-state index < -0.39 is 11.1 Å². The number of benzene rings is 1. The average molecular weight is 289 g/mol. The molecule has 1 aliphatic rings. The first-order valence-corrected chi connectivity index (χ1v) is 7.77. The van der Waals surface area contributed by atoms with E-state index in [4.69, 9.17) is 4.74 Å². The lowest BCUT2D eigenvalue weighted by Gasteiger charge is -2.32. The van der Waals surface area contributed by atoms with Crippen molar-refractivity contribution in [2.45, 2.75) is 58.6 Å². The molecule has 1 aliphatic carbocycles. The predicted molar refractivity (Wildman–Crippen MR) is 85.3 cm³/mol. The van der Waals surface area contributed by atoms with Crippen molar-refractivity contribution < 1.29 is 9.53 Å². The van der Waals surface area contributed by atoms with Crippen LogP contribution in [0.15, 0.2) is 24.3 Å². The van der Waals surface area contributed by atoms with Gasteiger partial charge in [-0.1, -0.05) is 38.1 Å². The van der Waals surface area contributed by atoms with Gasteiger partial charge in [0.15, 0.2) is 0 Å². The van der Waals surface area contributed by atoms with Crippen LogP contribution in [0.4, 0.5) is 0 Å². The standard InChI is InChI=1S/C18H27NO2/c1-13(2)12-19-18(16(20)21-17(3,4)5)10-14-8-6-7-9-15(14)11-18/h6-9,13,19H,10-12H2,1-5H3. The van der Waals surface area contributed by atoms with E-state index in [2.05, 4.69) is 31.3 Å². The second-order valence-corrected chi connectivity index (χ2v) is 7.48. The van der Waals surface area contributed by atoms with Gasteiger partial charge in [-0.3, -0.25) is 4.79 Å². The van der Waals surface area contributed by atoms with Crippen molar-refractivity contribution in [3.63, 3.8) is 0 Å². The van der Waals surface area contributed by atoms with Crippen molar-refractivity contribution in [1.29, 1.82) is 0 Å². The van der Waals surface area contributed by atoms with Crippen LogP contribution in [0.25, 0.3) is 0 Å². The van der Waals surface area contributed by atoms with Gasteiger partial charge in [-0.15, -0.1) is 0 Å². The molecule has 21 heavy (non-hydrogen) atoms. The van der Waals surface area contributed by atoms with Crippen molar-refractivity contribution in [1.82, 2.24) is 5.32 Å². The third-order valence-electron chi connectivity index (χ3n) is 3.74. The summed E-state index contributed by atoms with van der Waals surface area (Å²) in [5, 5.41) is 3.49. The Morgan fingerprint density at radius 1 is 1.24 bits per heavy atom. The first-order valence-electron chi connectivity index (χ1n) is 7.77. The summed E-state index contributed by atoms with van der Waals surface area (Å²) >= 11 is 0. The molecular formula is C18H27NO2. The molecule has 1 N–H and O–H groups in total. The van der Waals surface area contributed by atoms with Crippen molar-refractivity contribution in [3.05, 3.63) is 35.4 Å². The van der Waals surface area contributed by atoms with Gasteiger partial charge in [-0.25, -0.2) is 0 Å². The van der Waals surface area contributed by atoms with Gasteiger partial charge in [-0.05, 0) is 44.4 Å². The molecule has 0 aliphatic heterocycles. The number of carbonyl (C=O) groups excluding carboxylic acids is 1. The van der Waals surface area contributed by atoms with E-state index in [1.807, 2.05) is 32.9 Å². The van der Waals surface area contributed by atoms with Crippen LogP contribution in [0.5, 0.6) is 0 Å². The maximum Gasteiger partial charge on any atom is 0.327 e. The number of fused-ring (bicyclic) bond motifs is 1. The largest absolute Gasteiger partial charge is 0.459 e. The average Bonchev–Trinajstić information content (AvgIpc) is 2.74. The summed E-state index contributed by atoms with van der Waals surface area (Å²) in [6, 6.07) is 8.29. The highest BCUT2D eigenvalue weighted by Crippen LogP contribution is 2.32. The highest BCUT2D eigenvalue weighted by molar-refractivity contribution is 5.83. The summed E-state index contributed by atoms with van der Waals surface area (Å²) in [5.74, 6) is 0.361. The SMILES string of the molecule is CC(C)CNC1(C(=O)OC(C)(C)C)Cc2ccccc2C1. The van der Waals surface area contributed by atoms with Crippen molar-refractivity contribution in [3.8, 4) is 0 Å². The van der Waals surface area contributed by atoms with Gasteiger partial charge < -0.3 is 10.1 Å². The van der Waals surface area contributed by atoms with Gasteiger partial charge >= 0.3 is 5.97 Å². The molecule has 2 rings (SSSR count). The van der Waals surface area contributed by atoms with Gasteiger partial charge in [0.25, 0.3) is 0 Å². The van der Waals surface area contributed by atoms with Crippen LogP contribution < -0.4 is 5.32 Å². The number of esters is 1. The maximum atomic E-state index is 12.8. The second-order valence-electron chi connectivity index (χ2n) is 7.48. The lowest BCUT2D eigenvalue weighted by molar-refractivity contribution is -0.163. The Bertz CT molecular complexity index is 489. The molecule has 0 saturated heterocycles. The lowest BCUT2D eigenvalue weighted by atomic mass is 9.94. The zero-order valence-electron chi connectivity index (χ0n) is 13.8. The molecule has 0 aromatic heterocycles. The molecule has 3 heteroatoms. The molecule has 0 spiro atoms. The van der Waals surface area contributed by atoms with Gasteiger partial charge in [0, 0.05) is 12.8 Å². The number of carbonyl (C=O) groups is 1. The number of ether oxygens (including phenoxy) is 1. The number of rotatable bonds is 4. The summed E-state index contributed by atoms with van der Waals surface area (Å²) in [6.45, 7) is 10.9. The molecule has 0 radical (unpaired) electrons. The molecule has 0 fully saturated rings. The second kappa shape index (κ2) is 5.80. The van der Waals surface area contributed by atoms with Crippen LogP contribution in [-0.2, 0) is 22.4 Å². The number of hydrogen-bond donors (Lipinski definition) is 1. The third kappa shape index (κ3) is 3.85. The van der Waals surface area contributed by atoms with Crippen LogP contribution >= 0.6 is 0 Å². The molecular weight excluding hydrogens is 262 g/mol. The van der Waals surface area contributed by atoms with E-state index in [9.17, 15) is 4.79 Å². The maximum absolute atomic E-state index is 12.8. The minimum Gasteiger partial charge on any atom is -0.459 e. The van der Waals surface area contributed by atoms with E-state index in [1.165, 1.54) is 11.1 Å². The van der Waals surface area contributed by atoms with E-state index in [1.54, 1.807) is 0 Å².